The summed E-state index contributed by atoms with van der Waals surface area (Å²) < 4.78 is 24.0. The van der Waals surface area contributed by atoms with Crippen LogP contribution in [-0.4, -0.2) is 43.6 Å². The molecule has 2 aromatic heterocycles. The van der Waals surface area contributed by atoms with E-state index in [9.17, 15) is 18.0 Å². The van der Waals surface area contributed by atoms with Gasteiger partial charge in [-0.15, -0.1) is 0 Å². The fraction of sp³-hybridized carbons (Fsp3) is 0.250. The average Bonchev–Trinajstić information content (AvgIpc) is 2.42. The third-order valence-corrected chi connectivity index (χ3v) is 3.39. The van der Waals surface area contributed by atoms with Gasteiger partial charge in [0, 0.05) is 25.5 Å². The third kappa shape index (κ3) is 4.10. The van der Waals surface area contributed by atoms with Gasteiger partial charge in [0.05, 0.1) is 11.6 Å². The molecule has 2 aromatic rings. The summed E-state index contributed by atoms with van der Waals surface area (Å²) in [7, 11) is -3.28. The number of rotatable bonds is 5. The molecule has 0 unspecified atom stereocenters. The molecule has 2 heterocycles. The first-order valence-electron chi connectivity index (χ1n) is 6.07. The molecule has 0 fully saturated rings. The van der Waals surface area contributed by atoms with E-state index in [0.717, 1.165) is 6.26 Å². The Balaban J connectivity index is 2.05. The summed E-state index contributed by atoms with van der Waals surface area (Å²) in [6.45, 7) is 0.235. The Hall–Kier alpha value is -2.26. The second-order valence-electron chi connectivity index (χ2n) is 4.39. The molecule has 0 bridgehead atoms. The van der Waals surface area contributed by atoms with E-state index >= 15 is 0 Å². The van der Waals surface area contributed by atoms with E-state index in [1.165, 1.54) is 18.5 Å². The summed E-state index contributed by atoms with van der Waals surface area (Å²) in [5, 5.41) is 3.54. The first-order chi connectivity index (χ1) is 9.87. The molecule has 2 rings (SSSR count). The standard InChI is InChI=1S/C12H14N4O4S/c1-21(19,20)16-5-4-14-12(18)10-6-8-2-3-13-11(17)9(8)7-15-10/h2-3,6-7,16H,4-5H2,1H3,(H,13,17)(H,14,18). The number of fused-ring (bicyclic) bond motifs is 1. The zero-order valence-electron chi connectivity index (χ0n) is 11.2. The molecule has 0 atom stereocenters. The van der Waals surface area contributed by atoms with Crippen LogP contribution in [0, 0.1) is 0 Å². The molecule has 8 nitrogen and oxygen atoms in total. The maximum absolute atomic E-state index is 11.9. The third-order valence-electron chi connectivity index (χ3n) is 2.67. The van der Waals surface area contributed by atoms with E-state index in [4.69, 9.17) is 0 Å². The molecule has 0 aliphatic carbocycles. The highest BCUT2D eigenvalue weighted by atomic mass is 32.2. The Bertz CT molecular complexity index is 829. The number of sulfonamides is 1. The lowest BCUT2D eigenvalue weighted by Gasteiger charge is -2.05. The molecule has 1 amide bonds. The average molecular weight is 310 g/mol. The van der Waals surface area contributed by atoms with Gasteiger partial charge in [-0.1, -0.05) is 0 Å². The monoisotopic (exact) mass is 310 g/mol. The largest absolute Gasteiger partial charge is 0.349 e. The molecule has 0 spiro atoms. The number of nitrogens with one attached hydrogen (secondary N) is 3. The van der Waals surface area contributed by atoms with Gasteiger partial charge in [0.25, 0.3) is 11.5 Å². The smallest absolute Gasteiger partial charge is 0.269 e. The van der Waals surface area contributed by atoms with Crippen LogP contribution in [0.2, 0.25) is 0 Å². The maximum Gasteiger partial charge on any atom is 0.269 e. The topological polar surface area (TPSA) is 121 Å². The highest BCUT2D eigenvalue weighted by Gasteiger charge is 2.09. The number of pyridine rings is 2. The van der Waals surface area contributed by atoms with Gasteiger partial charge in [0.1, 0.15) is 5.69 Å². The van der Waals surface area contributed by atoms with Crippen molar-refractivity contribution in [3.8, 4) is 0 Å². The van der Waals surface area contributed by atoms with Crippen LogP contribution in [0.3, 0.4) is 0 Å². The van der Waals surface area contributed by atoms with Gasteiger partial charge < -0.3 is 10.3 Å². The van der Waals surface area contributed by atoms with E-state index in [1.807, 2.05) is 0 Å². The Morgan fingerprint density at radius 3 is 2.86 bits per heavy atom. The lowest BCUT2D eigenvalue weighted by atomic mass is 10.2. The van der Waals surface area contributed by atoms with Crippen molar-refractivity contribution >= 4 is 26.7 Å². The number of nitrogens with zero attached hydrogens (tertiary/aromatic N) is 1. The molecule has 0 aliphatic rings. The van der Waals surface area contributed by atoms with Gasteiger partial charge in [0.2, 0.25) is 10.0 Å². The molecule has 0 saturated carbocycles. The molecule has 3 N–H and O–H groups in total. The summed E-state index contributed by atoms with van der Waals surface area (Å²) >= 11 is 0. The molecule has 21 heavy (non-hydrogen) atoms. The van der Waals surface area contributed by atoms with Crippen LogP contribution in [0.5, 0.6) is 0 Å². The van der Waals surface area contributed by atoms with E-state index in [1.54, 1.807) is 6.07 Å². The molecular weight excluding hydrogens is 296 g/mol. The minimum Gasteiger partial charge on any atom is -0.349 e. The zero-order chi connectivity index (χ0) is 15.5. The summed E-state index contributed by atoms with van der Waals surface area (Å²) in [6, 6.07) is 3.17. The Labute approximate surface area is 120 Å². The number of hydrogen-bond acceptors (Lipinski definition) is 5. The van der Waals surface area contributed by atoms with Crippen LogP contribution < -0.4 is 15.6 Å². The second kappa shape index (κ2) is 6.02. The highest BCUT2D eigenvalue weighted by molar-refractivity contribution is 7.88. The van der Waals surface area contributed by atoms with Gasteiger partial charge in [-0.25, -0.2) is 13.1 Å². The van der Waals surface area contributed by atoms with Crippen molar-refractivity contribution in [1.29, 1.82) is 0 Å². The highest BCUT2D eigenvalue weighted by Crippen LogP contribution is 2.08. The van der Waals surface area contributed by atoms with Crippen molar-refractivity contribution in [2.24, 2.45) is 0 Å². The van der Waals surface area contributed by atoms with Crippen molar-refractivity contribution in [2.45, 2.75) is 0 Å². The van der Waals surface area contributed by atoms with Crippen LogP contribution in [0.15, 0.2) is 29.3 Å². The zero-order valence-corrected chi connectivity index (χ0v) is 12.0. The molecule has 0 aliphatic heterocycles. The normalized spacial score (nSPS) is 11.5. The number of hydrogen-bond donors (Lipinski definition) is 3. The van der Waals surface area contributed by atoms with Crippen LogP contribution in [0.25, 0.3) is 10.8 Å². The minimum atomic E-state index is -3.28. The number of aromatic nitrogens is 2. The van der Waals surface area contributed by atoms with Crippen molar-refractivity contribution in [2.75, 3.05) is 19.3 Å². The second-order valence-corrected chi connectivity index (χ2v) is 6.22. The summed E-state index contributed by atoms with van der Waals surface area (Å²) in [5.74, 6) is -0.438. The summed E-state index contributed by atoms with van der Waals surface area (Å²) in [5.41, 5.74) is -0.114. The van der Waals surface area contributed by atoms with E-state index < -0.39 is 15.9 Å². The lowest BCUT2D eigenvalue weighted by Crippen LogP contribution is -2.34. The van der Waals surface area contributed by atoms with Gasteiger partial charge >= 0.3 is 0 Å². The Morgan fingerprint density at radius 1 is 1.38 bits per heavy atom. The molecule has 0 radical (unpaired) electrons. The fourth-order valence-electron chi connectivity index (χ4n) is 1.71. The molecule has 9 heteroatoms. The number of carbonyl (C=O) groups is 1. The van der Waals surface area contributed by atoms with Crippen molar-refractivity contribution in [3.63, 3.8) is 0 Å². The van der Waals surface area contributed by atoms with Gasteiger partial charge in [-0.3, -0.25) is 14.6 Å². The number of aromatic amines is 1. The quantitative estimate of drug-likeness (QED) is 0.624. The first kappa shape index (κ1) is 15.1. The SMILES string of the molecule is CS(=O)(=O)NCCNC(=O)c1cc2cc[nH]c(=O)c2cn1. The van der Waals surface area contributed by atoms with Crippen LogP contribution in [-0.2, 0) is 10.0 Å². The van der Waals surface area contributed by atoms with E-state index in [0.29, 0.717) is 10.8 Å². The molecule has 112 valence electrons. The summed E-state index contributed by atoms with van der Waals surface area (Å²) in [4.78, 5) is 29.8. The molecule has 0 saturated heterocycles. The Kier molecular flexibility index (Phi) is 4.34. The van der Waals surface area contributed by atoms with Crippen molar-refractivity contribution in [1.82, 2.24) is 20.0 Å². The van der Waals surface area contributed by atoms with E-state index in [-0.39, 0.29) is 24.3 Å². The first-order valence-corrected chi connectivity index (χ1v) is 7.96. The van der Waals surface area contributed by atoms with Gasteiger partial charge in [0.15, 0.2) is 0 Å². The molecular formula is C12H14N4O4S. The predicted molar refractivity (Wildman–Crippen MR) is 77.5 cm³/mol. The number of amides is 1. The van der Waals surface area contributed by atoms with Crippen LogP contribution in [0.1, 0.15) is 10.5 Å². The van der Waals surface area contributed by atoms with Crippen molar-refractivity contribution < 1.29 is 13.2 Å². The van der Waals surface area contributed by atoms with Crippen LogP contribution >= 0.6 is 0 Å². The molecule has 0 aromatic carbocycles. The predicted octanol–water partition coefficient (Wildman–Crippen LogP) is -0.798. The van der Waals surface area contributed by atoms with Gasteiger partial charge in [-0.05, 0) is 17.5 Å². The van der Waals surface area contributed by atoms with Crippen molar-refractivity contribution in [3.05, 3.63) is 40.6 Å². The number of H-pyrrole nitrogens is 1. The lowest BCUT2D eigenvalue weighted by molar-refractivity contribution is 0.0949. The minimum absolute atomic E-state index is 0.0951. The number of carbonyl (C=O) groups excluding carboxylic acids is 1. The van der Waals surface area contributed by atoms with Gasteiger partial charge in [-0.2, -0.15) is 0 Å². The summed E-state index contributed by atoms with van der Waals surface area (Å²) in [6.07, 6.45) is 3.86. The fourth-order valence-corrected chi connectivity index (χ4v) is 2.18. The van der Waals surface area contributed by atoms with E-state index in [2.05, 4.69) is 20.0 Å². The Morgan fingerprint density at radius 2 is 2.14 bits per heavy atom. The maximum atomic E-state index is 11.9. The van der Waals surface area contributed by atoms with Crippen LogP contribution in [0.4, 0.5) is 0 Å².